The molecule has 2 aromatic carbocycles. The van der Waals surface area contributed by atoms with E-state index in [2.05, 4.69) is 16.9 Å². The minimum Gasteiger partial charge on any atom is -0.492 e. The second-order valence-corrected chi connectivity index (χ2v) is 7.12. The maximum absolute atomic E-state index is 6.41. The number of ether oxygens (including phenoxy) is 1. The summed E-state index contributed by atoms with van der Waals surface area (Å²) in [6, 6.07) is 13.9. The Bertz CT molecular complexity index is 795. The van der Waals surface area contributed by atoms with Crippen molar-refractivity contribution in [2.45, 2.75) is 51.9 Å². The Morgan fingerprint density at radius 3 is 2.50 bits per heavy atom. The number of hydrogen-bond donors (Lipinski definition) is 1. The number of imidazole rings is 1. The molecule has 3 aromatic rings. The second kappa shape index (κ2) is 9.63. The van der Waals surface area contributed by atoms with Gasteiger partial charge < -0.3 is 9.72 Å². The fourth-order valence-electron chi connectivity index (χ4n) is 3.10. The molecule has 138 valence electrons. The van der Waals surface area contributed by atoms with E-state index in [9.17, 15) is 0 Å². The molecule has 0 aliphatic rings. The highest BCUT2D eigenvalue weighted by Crippen LogP contribution is 2.30. The molecule has 0 atom stereocenters. The first kappa shape index (κ1) is 18.8. The third kappa shape index (κ3) is 5.01. The Kier molecular flexibility index (Phi) is 6.96. The predicted octanol–water partition coefficient (Wildman–Crippen LogP) is 7.01. The lowest BCUT2D eigenvalue weighted by molar-refractivity contribution is 0.304. The summed E-state index contributed by atoms with van der Waals surface area (Å²) < 4.78 is 5.85. The molecule has 0 unspecified atom stereocenters. The van der Waals surface area contributed by atoms with Crippen LogP contribution in [0.15, 0.2) is 42.5 Å². The van der Waals surface area contributed by atoms with Crippen LogP contribution in [-0.2, 0) is 0 Å². The van der Waals surface area contributed by atoms with Gasteiger partial charge in [0.25, 0.3) is 0 Å². The molecular formula is C22H27ClN2O. The number of unbranched alkanes of at least 4 members (excludes halogenated alkanes) is 6. The van der Waals surface area contributed by atoms with Gasteiger partial charge >= 0.3 is 0 Å². The van der Waals surface area contributed by atoms with E-state index in [1.54, 1.807) is 0 Å². The van der Waals surface area contributed by atoms with Gasteiger partial charge in [-0.1, -0.05) is 69.2 Å². The highest BCUT2D eigenvalue weighted by molar-refractivity contribution is 6.32. The lowest BCUT2D eigenvalue weighted by atomic mass is 10.1. The van der Waals surface area contributed by atoms with Crippen LogP contribution in [-0.4, -0.2) is 16.6 Å². The third-order valence-corrected chi connectivity index (χ3v) is 4.90. The van der Waals surface area contributed by atoms with Gasteiger partial charge in [-0.25, -0.2) is 4.98 Å². The Morgan fingerprint density at radius 1 is 0.962 bits per heavy atom. The monoisotopic (exact) mass is 370 g/mol. The van der Waals surface area contributed by atoms with E-state index in [4.69, 9.17) is 16.3 Å². The van der Waals surface area contributed by atoms with Crippen molar-refractivity contribution in [3.05, 3.63) is 47.5 Å². The molecule has 0 saturated heterocycles. The number of rotatable bonds is 10. The number of fused-ring (bicyclic) bond motifs is 1. The Hall–Kier alpha value is -2.00. The molecule has 0 saturated carbocycles. The van der Waals surface area contributed by atoms with Crippen LogP contribution in [0.25, 0.3) is 22.4 Å². The topological polar surface area (TPSA) is 37.9 Å². The van der Waals surface area contributed by atoms with E-state index in [-0.39, 0.29) is 0 Å². The third-order valence-electron chi connectivity index (χ3n) is 4.60. The molecule has 0 bridgehead atoms. The van der Waals surface area contributed by atoms with Crippen molar-refractivity contribution in [3.63, 3.8) is 0 Å². The van der Waals surface area contributed by atoms with Crippen LogP contribution in [0.5, 0.6) is 5.75 Å². The smallest absolute Gasteiger partial charge is 0.138 e. The summed E-state index contributed by atoms with van der Waals surface area (Å²) >= 11 is 6.41. The summed E-state index contributed by atoms with van der Waals surface area (Å²) in [6.45, 7) is 2.97. The van der Waals surface area contributed by atoms with Gasteiger partial charge in [0, 0.05) is 5.56 Å². The number of halogens is 1. The van der Waals surface area contributed by atoms with E-state index in [1.807, 2.05) is 42.5 Å². The molecule has 3 nitrogen and oxygen atoms in total. The van der Waals surface area contributed by atoms with Crippen LogP contribution in [0.3, 0.4) is 0 Å². The number of benzene rings is 2. The SMILES string of the molecule is CCCCCCCCCOc1ccc(-c2nc3ccccc3[nH]2)cc1Cl. The summed E-state index contributed by atoms with van der Waals surface area (Å²) in [4.78, 5) is 7.94. The average Bonchev–Trinajstić information content (AvgIpc) is 3.09. The number of para-hydroxylation sites is 2. The molecular weight excluding hydrogens is 344 g/mol. The maximum atomic E-state index is 6.41. The normalized spacial score (nSPS) is 11.2. The van der Waals surface area contributed by atoms with Crippen LogP contribution >= 0.6 is 11.6 Å². The van der Waals surface area contributed by atoms with Crippen molar-refractivity contribution in [3.8, 4) is 17.1 Å². The summed E-state index contributed by atoms with van der Waals surface area (Å²) in [7, 11) is 0. The van der Waals surface area contributed by atoms with Gasteiger partial charge in [-0.15, -0.1) is 0 Å². The number of nitrogens with zero attached hydrogens (tertiary/aromatic N) is 1. The number of aromatic amines is 1. The fraction of sp³-hybridized carbons (Fsp3) is 0.409. The fourth-order valence-corrected chi connectivity index (χ4v) is 3.33. The molecule has 3 rings (SSSR count). The quantitative estimate of drug-likeness (QED) is 0.389. The first-order valence-corrected chi connectivity index (χ1v) is 10.0. The van der Waals surface area contributed by atoms with E-state index in [0.717, 1.165) is 41.2 Å². The molecule has 0 amide bonds. The zero-order valence-electron chi connectivity index (χ0n) is 15.4. The van der Waals surface area contributed by atoms with Gasteiger partial charge in [-0.3, -0.25) is 0 Å². The molecule has 4 heteroatoms. The minimum absolute atomic E-state index is 0.630. The van der Waals surface area contributed by atoms with Crippen molar-refractivity contribution in [1.82, 2.24) is 9.97 Å². The highest BCUT2D eigenvalue weighted by atomic mass is 35.5. The molecule has 0 aliphatic heterocycles. The summed E-state index contributed by atoms with van der Waals surface area (Å²) in [5.74, 6) is 1.57. The Morgan fingerprint density at radius 2 is 1.73 bits per heavy atom. The van der Waals surface area contributed by atoms with Gasteiger partial charge in [0.05, 0.1) is 22.7 Å². The van der Waals surface area contributed by atoms with Gasteiger partial charge in [0.1, 0.15) is 11.6 Å². The van der Waals surface area contributed by atoms with Gasteiger partial charge in [0.2, 0.25) is 0 Å². The van der Waals surface area contributed by atoms with Crippen molar-refractivity contribution >= 4 is 22.6 Å². The van der Waals surface area contributed by atoms with Crippen molar-refractivity contribution in [1.29, 1.82) is 0 Å². The number of aromatic nitrogens is 2. The van der Waals surface area contributed by atoms with Gasteiger partial charge in [-0.05, 0) is 36.8 Å². The lowest BCUT2D eigenvalue weighted by Gasteiger charge is -2.09. The molecule has 0 radical (unpaired) electrons. The van der Waals surface area contributed by atoms with E-state index in [1.165, 1.54) is 38.5 Å². The van der Waals surface area contributed by atoms with Crippen LogP contribution in [0.4, 0.5) is 0 Å². The van der Waals surface area contributed by atoms with E-state index < -0.39 is 0 Å². The summed E-state index contributed by atoms with van der Waals surface area (Å²) in [5, 5.41) is 0.630. The van der Waals surface area contributed by atoms with Crippen molar-refractivity contribution in [2.24, 2.45) is 0 Å². The summed E-state index contributed by atoms with van der Waals surface area (Å²) in [6.07, 6.45) is 8.93. The number of H-pyrrole nitrogens is 1. The standard InChI is InChI=1S/C22H27ClN2O/c1-2-3-4-5-6-7-10-15-26-21-14-13-17(16-18(21)23)22-24-19-11-8-9-12-20(19)25-22/h8-9,11-14,16H,2-7,10,15H2,1H3,(H,24,25). The van der Waals surface area contributed by atoms with Crippen LogP contribution in [0.1, 0.15) is 51.9 Å². The van der Waals surface area contributed by atoms with Crippen LogP contribution in [0, 0.1) is 0 Å². The van der Waals surface area contributed by atoms with E-state index in [0.29, 0.717) is 5.02 Å². The van der Waals surface area contributed by atoms with Gasteiger partial charge in [-0.2, -0.15) is 0 Å². The molecule has 1 heterocycles. The number of hydrogen-bond acceptors (Lipinski definition) is 2. The molecule has 1 aromatic heterocycles. The molecule has 26 heavy (non-hydrogen) atoms. The van der Waals surface area contributed by atoms with Crippen molar-refractivity contribution in [2.75, 3.05) is 6.61 Å². The first-order valence-electron chi connectivity index (χ1n) is 9.65. The largest absolute Gasteiger partial charge is 0.492 e. The number of nitrogens with one attached hydrogen (secondary N) is 1. The minimum atomic E-state index is 0.630. The molecule has 0 spiro atoms. The van der Waals surface area contributed by atoms with Crippen molar-refractivity contribution < 1.29 is 4.74 Å². The maximum Gasteiger partial charge on any atom is 0.138 e. The van der Waals surface area contributed by atoms with Crippen LogP contribution in [0.2, 0.25) is 5.02 Å². The van der Waals surface area contributed by atoms with Crippen LogP contribution < -0.4 is 4.74 Å². The average molecular weight is 371 g/mol. The summed E-state index contributed by atoms with van der Waals surface area (Å²) in [5.41, 5.74) is 2.95. The molecule has 0 aliphatic carbocycles. The highest BCUT2D eigenvalue weighted by Gasteiger charge is 2.08. The Labute approximate surface area is 160 Å². The molecule has 0 fully saturated rings. The predicted molar refractivity (Wildman–Crippen MR) is 110 cm³/mol. The zero-order chi connectivity index (χ0) is 18.2. The van der Waals surface area contributed by atoms with E-state index >= 15 is 0 Å². The Balaban J connectivity index is 1.51. The lowest BCUT2D eigenvalue weighted by Crippen LogP contribution is -1.98. The first-order chi connectivity index (χ1) is 12.8. The second-order valence-electron chi connectivity index (χ2n) is 6.72. The van der Waals surface area contributed by atoms with Gasteiger partial charge in [0.15, 0.2) is 0 Å². The molecule has 1 N–H and O–H groups in total. The zero-order valence-corrected chi connectivity index (χ0v) is 16.2.